The maximum Gasteiger partial charge on any atom is 0.335 e. The van der Waals surface area contributed by atoms with Crippen molar-refractivity contribution in [2.75, 3.05) is 12.4 Å². The number of carbonyl (C=O) groups is 2. The van der Waals surface area contributed by atoms with Crippen LogP contribution in [0.15, 0.2) is 42.5 Å². The molecular formula is C19H21NO4. The molecule has 0 fully saturated rings. The van der Waals surface area contributed by atoms with Crippen molar-refractivity contribution < 1.29 is 19.4 Å². The van der Waals surface area contributed by atoms with Crippen LogP contribution >= 0.6 is 0 Å². The SMILES string of the molecule is COCc1cc(NC(=O)CCc2ccccc2C)cc(C(=O)O)c1. The number of methoxy groups -OCH3 is 1. The number of nitrogens with one attached hydrogen (secondary N) is 1. The number of carbonyl (C=O) groups excluding carboxylic acids is 1. The van der Waals surface area contributed by atoms with Crippen molar-refractivity contribution in [2.45, 2.75) is 26.4 Å². The predicted molar refractivity (Wildman–Crippen MR) is 92.2 cm³/mol. The van der Waals surface area contributed by atoms with Gasteiger partial charge in [-0.05, 0) is 48.2 Å². The molecule has 0 saturated carbocycles. The normalized spacial score (nSPS) is 10.4. The molecule has 0 aliphatic heterocycles. The Morgan fingerprint density at radius 1 is 1.17 bits per heavy atom. The van der Waals surface area contributed by atoms with E-state index in [1.165, 1.54) is 19.2 Å². The molecule has 126 valence electrons. The fraction of sp³-hybridized carbons (Fsp3) is 0.263. The molecule has 1 amide bonds. The van der Waals surface area contributed by atoms with Crippen molar-refractivity contribution >= 4 is 17.6 Å². The summed E-state index contributed by atoms with van der Waals surface area (Å²) in [4.78, 5) is 23.3. The fourth-order valence-electron chi connectivity index (χ4n) is 2.50. The van der Waals surface area contributed by atoms with Gasteiger partial charge < -0.3 is 15.2 Å². The van der Waals surface area contributed by atoms with Crippen LogP contribution in [-0.4, -0.2) is 24.1 Å². The van der Waals surface area contributed by atoms with Crippen molar-refractivity contribution in [1.29, 1.82) is 0 Å². The molecule has 5 nitrogen and oxygen atoms in total. The highest BCUT2D eigenvalue weighted by Crippen LogP contribution is 2.17. The third-order valence-corrected chi connectivity index (χ3v) is 3.72. The quantitative estimate of drug-likeness (QED) is 0.817. The minimum absolute atomic E-state index is 0.124. The highest BCUT2D eigenvalue weighted by molar-refractivity contribution is 5.94. The van der Waals surface area contributed by atoms with E-state index in [0.29, 0.717) is 24.1 Å². The molecule has 24 heavy (non-hydrogen) atoms. The largest absolute Gasteiger partial charge is 0.478 e. The number of benzene rings is 2. The number of aryl methyl sites for hydroxylation is 2. The lowest BCUT2D eigenvalue weighted by atomic mass is 10.0. The molecule has 0 aliphatic rings. The lowest BCUT2D eigenvalue weighted by Gasteiger charge is -2.10. The van der Waals surface area contributed by atoms with Crippen molar-refractivity contribution in [3.05, 3.63) is 64.7 Å². The standard InChI is InChI=1S/C19H21NO4/c1-13-5-3-4-6-15(13)7-8-18(21)20-17-10-14(12-24-2)9-16(11-17)19(22)23/h3-6,9-11H,7-8,12H2,1-2H3,(H,20,21)(H,22,23). The molecule has 0 aromatic heterocycles. The van der Waals surface area contributed by atoms with Gasteiger partial charge in [0.15, 0.2) is 0 Å². The molecular weight excluding hydrogens is 306 g/mol. The fourth-order valence-corrected chi connectivity index (χ4v) is 2.50. The number of ether oxygens (including phenoxy) is 1. The molecule has 0 bridgehead atoms. The van der Waals surface area contributed by atoms with Crippen LogP contribution in [0.2, 0.25) is 0 Å². The first-order chi connectivity index (χ1) is 11.5. The molecule has 2 rings (SSSR count). The second-order valence-electron chi connectivity index (χ2n) is 5.63. The van der Waals surface area contributed by atoms with Gasteiger partial charge in [-0.15, -0.1) is 0 Å². The average Bonchev–Trinajstić information content (AvgIpc) is 2.54. The third-order valence-electron chi connectivity index (χ3n) is 3.72. The molecule has 2 aromatic rings. The molecule has 0 aliphatic carbocycles. The van der Waals surface area contributed by atoms with E-state index < -0.39 is 5.97 Å². The first-order valence-corrected chi connectivity index (χ1v) is 7.70. The second kappa shape index (κ2) is 8.26. The Bertz CT molecular complexity index is 740. The number of anilines is 1. The van der Waals surface area contributed by atoms with Gasteiger partial charge in [-0.1, -0.05) is 24.3 Å². The van der Waals surface area contributed by atoms with Gasteiger partial charge >= 0.3 is 5.97 Å². The smallest absolute Gasteiger partial charge is 0.335 e. The number of rotatable bonds is 7. The van der Waals surface area contributed by atoms with Crippen molar-refractivity contribution in [3.8, 4) is 0 Å². The van der Waals surface area contributed by atoms with Crippen molar-refractivity contribution in [1.82, 2.24) is 0 Å². The van der Waals surface area contributed by atoms with Crippen molar-refractivity contribution in [2.24, 2.45) is 0 Å². The van der Waals surface area contributed by atoms with Crippen LogP contribution in [0.25, 0.3) is 0 Å². The number of aromatic carboxylic acids is 1. The molecule has 2 N–H and O–H groups in total. The second-order valence-corrected chi connectivity index (χ2v) is 5.63. The summed E-state index contributed by atoms with van der Waals surface area (Å²) in [5.74, 6) is -1.19. The molecule has 0 spiro atoms. The van der Waals surface area contributed by atoms with Crippen LogP contribution in [-0.2, 0) is 22.6 Å². The summed E-state index contributed by atoms with van der Waals surface area (Å²) < 4.78 is 5.04. The zero-order valence-electron chi connectivity index (χ0n) is 13.8. The summed E-state index contributed by atoms with van der Waals surface area (Å²) in [6.45, 7) is 2.30. The van der Waals surface area contributed by atoms with Crippen LogP contribution in [0.3, 0.4) is 0 Å². The van der Waals surface area contributed by atoms with Gasteiger partial charge in [-0.25, -0.2) is 4.79 Å². The van der Waals surface area contributed by atoms with Gasteiger partial charge in [0, 0.05) is 19.2 Å². The number of hydrogen-bond donors (Lipinski definition) is 2. The highest BCUT2D eigenvalue weighted by Gasteiger charge is 2.10. The Kier molecular flexibility index (Phi) is 6.09. The Morgan fingerprint density at radius 2 is 1.92 bits per heavy atom. The lowest BCUT2D eigenvalue weighted by molar-refractivity contribution is -0.116. The molecule has 0 radical (unpaired) electrons. The summed E-state index contributed by atoms with van der Waals surface area (Å²) >= 11 is 0. The van der Waals surface area contributed by atoms with Gasteiger partial charge in [0.05, 0.1) is 12.2 Å². The summed E-state index contributed by atoms with van der Waals surface area (Å²) in [5.41, 5.74) is 3.58. The predicted octanol–water partition coefficient (Wildman–Crippen LogP) is 3.41. The van der Waals surface area contributed by atoms with Crippen LogP contribution < -0.4 is 5.32 Å². The monoisotopic (exact) mass is 327 g/mol. The van der Waals surface area contributed by atoms with Gasteiger partial charge in [0.2, 0.25) is 5.91 Å². The highest BCUT2D eigenvalue weighted by atomic mass is 16.5. The summed E-state index contributed by atoms with van der Waals surface area (Å²) in [7, 11) is 1.54. The van der Waals surface area contributed by atoms with Crippen LogP contribution in [0, 0.1) is 6.92 Å². The van der Waals surface area contributed by atoms with Crippen LogP contribution in [0.4, 0.5) is 5.69 Å². The minimum Gasteiger partial charge on any atom is -0.478 e. The van der Waals surface area contributed by atoms with E-state index in [1.807, 2.05) is 31.2 Å². The molecule has 2 aromatic carbocycles. The topological polar surface area (TPSA) is 75.6 Å². The van der Waals surface area contributed by atoms with Gasteiger partial charge in [-0.3, -0.25) is 4.79 Å². The van der Waals surface area contributed by atoms with E-state index in [0.717, 1.165) is 11.1 Å². The molecule has 0 atom stereocenters. The minimum atomic E-state index is -1.04. The molecule has 0 saturated heterocycles. The number of carboxylic acids is 1. The number of amides is 1. The lowest BCUT2D eigenvalue weighted by Crippen LogP contribution is -2.13. The van der Waals surface area contributed by atoms with E-state index in [-0.39, 0.29) is 18.1 Å². The van der Waals surface area contributed by atoms with E-state index >= 15 is 0 Å². The number of hydrogen-bond acceptors (Lipinski definition) is 3. The Morgan fingerprint density at radius 3 is 2.58 bits per heavy atom. The zero-order chi connectivity index (χ0) is 17.5. The Balaban J connectivity index is 2.05. The molecule has 0 unspecified atom stereocenters. The Hall–Kier alpha value is -2.66. The first kappa shape index (κ1) is 17.7. The number of carboxylic acid groups (broad SMARTS) is 1. The summed E-state index contributed by atoms with van der Waals surface area (Å²) in [5, 5.41) is 11.9. The maximum atomic E-state index is 12.2. The molecule has 0 heterocycles. The van der Waals surface area contributed by atoms with Crippen LogP contribution in [0.5, 0.6) is 0 Å². The van der Waals surface area contributed by atoms with E-state index in [9.17, 15) is 9.59 Å². The Labute approximate surface area is 141 Å². The van der Waals surface area contributed by atoms with E-state index in [4.69, 9.17) is 9.84 Å². The van der Waals surface area contributed by atoms with E-state index in [2.05, 4.69) is 5.32 Å². The average molecular weight is 327 g/mol. The van der Waals surface area contributed by atoms with Crippen molar-refractivity contribution in [3.63, 3.8) is 0 Å². The van der Waals surface area contributed by atoms with Gasteiger partial charge in [-0.2, -0.15) is 0 Å². The third kappa shape index (κ3) is 4.93. The van der Waals surface area contributed by atoms with E-state index in [1.54, 1.807) is 6.07 Å². The first-order valence-electron chi connectivity index (χ1n) is 7.70. The summed E-state index contributed by atoms with van der Waals surface area (Å²) in [6, 6.07) is 12.6. The van der Waals surface area contributed by atoms with Gasteiger partial charge in [0.25, 0.3) is 0 Å². The maximum absolute atomic E-state index is 12.2. The molecule has 5 heteroatoms. The van der Waals surface area contributed by atoms with Crippen LogP contribution in [0.1, 0.15) is 33.5 Å². The summed E-state index contributed by atoms with van der Waals surface area (Å²) in [6.07, 6.45) is 0.976. The van der Waals surface area contributed by atoms with Gasteiger partial charge in [0.1, 0.15) is 0 Å². The zero-order valence-corrected chi connectivity index (χ0v) is 13.8.